The van der Waals surface area contributed by atoms with E-state index in [1.165, 1.54) is 5.56 Å². The lowest BCUT2D eigenvalue weighted by molar-refractivity contribution is -0.127. The molecule has 0 aromatic heterocycles. The predicted octanol–water partition coefficient (Wildman–Crippen LogP) is 2.17. The number of likely N-dealkylation sites (N-methyl/N-ethyl adjacent to an activating group) is 1. The van der Waals surface area contributed by atoms with Gasteiger partial charge in [0.15, 0.2) is 5.96 Å². The summed E-state index contributed by atoms with van der Waals surface area (Å²) in [5.74, 6) is 1.95. The first-order valence-electron chi connectivity index (χ1n) is 8.75. The van der Waals surface area contributed by atoms with Crippen molar-refractivity contribution in [2.75, 3.05) is 40.3 Å². The van der Waals surface area contributed by atoms with E-state index in [0.717, 1.165) is 32.0 Å². The molecule has 24 heavy (non-hydrogen) atoms. The minimum absolute atomic E-state index is 0.0256. The van der Waals surface area contributed by atoms with E-state index < -0.39 is 0 Å². The normalized spacial score (nSPS) is 18.1. The number of aliphatic imine (C=N–C) groups is 1. The molecule has 1 heterocycles. The van der Waals surface area contributed by atoms with Gasteiger partial charge in [0.2, 0.25) is 5.91 Å². The lowest BCUT2D eigenvalue weighted by atomic mass is 9.99. The molecule has 1 saturated heterocycles. The van der Waals surface area contributed by atoms with E-state index in [2.05, 4.69) is 59.4 Å². The summed E-state index contributed by atoms with van der Waals surface area (Å²) in [6, 6.07) is 10.6. The summed E-state index contributed by atoms with van der Waals surface area (Å²) >= 11 is 0. The Hall–Kier alpha value is -2.04. The Morgan fingerprint density at radius 2 is 2.04 bits per heavy atom. The Balaban J connectivity index is 2.04. The third kappa shape index (κ3) is 5.25. The number of hydrogen-bond acceptors (Lipinski definition) is 2. The molecule has 1 fully saturated rings. The zero-order valence-electron chi connectivity index (χ0n) is 15.3. The number of benzene rings is 1. The molecule has 1 aliphatic heterocycles. The van der Waals surface area contributed by atoms with Crippen molar-refractivity contribution in [1.29, 1.82) is 0 Å². The molecule has 1 N–H and O–H groups in total. The van der Waals surface area contributed by atoms with Gasteiger partial charge in [-0.25, -0.2) is 4.99 Å². The SMILES string of the molecule is CC(C)CNC(=NCC(=O)N(C)C)N1CCC(c2ccccc2)C1. The highest BCUT2D eigenvalue weighted by atomic mass is 16.2. The van der Waals surface area contributed by atoms with Crippen molar-refractivity contribution in [3.63, 3.8) is 0 Å². The first-order chi connectivity index (χ1) is 11.5. The number of nitrogens with zero attached hydrogens (tertiary/aromatic N) is 3. The van der Waals surface area contributed by atoms with Gasteiger partial charge in [0.05, 0.1) is 0 Å². The van der Waals surface area contributed by atoms with Crippen LogP contribution in [0.4, 0.5) is 0 Å². The molecule has 0 radical (unpaired) electrons. The van der Waals surface area contributed by atoms with Gasteiger partial charge in [0, 0.05) is 39.6 Å². The second-order valence-corrected chi connectivity index (χ2v) is 7.05. The fourth-order valence-corrected chi connectivity index (χ4v) is 2.80. The highest BCUT2D eigenvalue weighted by Crippen LogP contribution is 2.26. The first kappa shape index (κ1) is 18.3. The zero-order chi connectivity index (χ0) is 17.5. The molecule has 0 spiro atoms. The van der Waals surface area contributed by atoms with E-state index >= 15 is 0 Å². The smallest absolute Gasteiger partial charge is 0.243 e. The number of carbonyl (C=O) groups excluding carboxylic acids is 1. The van der Waals surface area contributed by atoms with Gasteiger partial charge in [-0.15, -0.1) is 0 Å². The number of hydrogen-bond donors (Lipinski definition) is 1. The van der Waals surface area contributed by atoms with Crippen LogP contribution in [0.15, 0.2) is 35.3 Å². The summed E-state index contributed by atoms with van der Waals surface area (Å²) in [7, 11) is 3.53. The highest BCUT2D eigenvalue weighted by molar-refractivity contribution is 5.85. The van der Waals surface area contributed by atoms with Crippen LogP contribution in [0.5, 0.6) is 0 Å². The van der Waals surface area contributed by atoms with Crippen molar-refractivity contribution in [3.8, 4) is 0 Å². The fraction of sp³-hybridized carbons (Fsp3) is 0.579. The summed E-state index contributed by atoms with van der Waals surface area (Å²) in [6.07, 6.45) is 1.12. The van der Waals surface area contributed by atoms with Crippen LogP contribution in [-0.2, 0) is 4.79 Å². The van der Waals surface area contributed by atoms with Crippen LogP contribution in [0.3, 0.4) is 0 Å². The van der Waals surface area contributed by atoms with Crippen LogP contribution in [0.25, 0.3) is 0 Å². The monoisotopic (exact) mass is 330 g/mol. The zero-order valence-corrected chi connectivity index (χ0v) is 15.3. The van der Waals surface area contributed by atoms with Crippen molar-refractivity contribution in [2.45, 2.75) is 26.2 Å². The van der Waals surface area contributed by atoms with Crippen LogP contribution < -0.4 is 5.32 Å². The number of amides is 1. The average Bonchev–Trinajstić information content (AvgIpc) is 3.05. The Bertz CT molecular complexity index is 554. The van der Waals surface area contributed by atoms with E-state index in [9.17, 15) is 4.79 Å². The quantitative estimate of drug-likeness (QED) is 0.665. The summed E-state index contributed by atoms with van der Waals surface area (Å²) in [5.41, 5.74) is 1.38. The molecule has 5 nitrogen and oxygen atoms in total. The van der Waals surface area contributed by atoms with Gasteiger partial charge in [-0.2, -0.15) is 0 Å². The maximum Gasteiger partial charge on any atom is 0.243 e. The van der Waals surface area contributed by atoms with E-state index in [-0.39, 0.29) is 12.5 Å². The topological polar surface area (TPSA) is 47.9 Å². The number of likely N-dealkylation sites (tertiary alicyclic amines) is 1. The van der Waals surface area contributed by atoms with Gasteiger partial charge in [-0.3, -0.25) is 4.79 Å². The molecule has 1 aliphatic rings. The molecule has 0 saturated carbocycles. The molecule has 5 heteroatoms. The molecule has 1 aromatic carbocycles. The maximum atomic E-state index is 11.9. The second kappa shape index (κ2) is 8.71. The number of guanidine groups is 1. The Morgan fingerprint density at radius 3 is 2.67 bits per heavy atom. The second-order valence-electron chi connectivity index (χ2n) is 7.05. The van der Waals surface area contributed by atoms with Crippen LogP contribution in [0, 0.1) is 5.92 Å². The van der Waals surface area contributed by atoms with Crippen LogP contribution in [0.2, 0.25) is 0 Å². The summed E-state index contributed by atoms with van der Waals surface area (Å²) < 4.78 is 0. The van der Waals surface area contributed by atoms with Crippen LogP contribution >= 0.6 is 0 Å². The van der Waals surface area contributed by atoms with Gasteiger partial charge in [0.25, 0.3) is 0 Å². The van der Waals surface area contributed by atoms with Gasteiger partial charge >= 0.3 is 0 Å². The lowest BCUT2D eigenvalue weighted by Crippen LogP contribution is -2.42. The first-order valence-corrected chi connectivity index (χ1v) is 8.75. The molecule has 2 rings (SSSR count). The molecular formula is C19H30N4O. The molecular weight excluding hydrogens is 300 g/mol. The molecule has 0 bridgehead atoms. The minimum atomic E-state index is 0.0256. The summed E-state index contributed by atoms with van der Waals surface area (Å²) in [6.45, 7) is 7.32. The lowest BCUT2D eigenvalue weighted by Gasteiger charge is -2.23. The van der Waals surface area contributed by atoms with Gasteiger partial charge in [-0.05, 0) is 17.9 Å². The highest BCUT2D eigenvalue weighted by Gasteiger charge is 2.26. The Morgan fingerprint density at radius 1 is 1.33 bits per heavy atom. The van der Waals surface area contributed by atoms with Crippen molar-refractivity contribution in [3.05, 3.63) is 35.9 Å². The molecule has 1 atom stereocenters. The Labute approximate surface area is 145 Å². The molecule has 0 aliphatic carbocycles. The van der Waals surface area contributed by atoms with Crippen molar-refractivity contribution in [2.24, 2.45) is 10.9 Å². The van der Waals surface area contributed by atoms with Crippen LogP contribution in [0.1, 0.15) is 31.7 Å². The maximum absolute atomic E-state index is 11.9. The molecule has 1 aromatic rings. The van der Waals surface area contributed by atoms with E-state index in [4.69, 9.17) is 0 Å². The van der Waals surface area contributed by atoms with Crippen molar-refractivity contribution >= 4 is 11.9 Å². The number of nitrogens with one attached hydrogen (secondary N) is 1. The standard InChI is InChI=1S/C19H30N4O/c1-15(2)12-20-19(21-13-18(24)22(3)4)23-11-10-17(14-23)16-8-6-5-7-9-16/h5-9,15,17H,10-14H2,1-4H3,(H,20,21). The van der Waals surface area contributed by atoms with Crippen LogP contribution in [-0.4, -0.2) is 61.9 Å². The Kier molecular flexibility index (Phi) is 6.64. The minimum Gasteiger partial charge on any atom is -0.356 e. The number of rotatable bonds is 5. The summed E-state index contributed by atoms with van der Waals surface area (Å²) in [5, 5.41) is 3.43. The van der Waals surface area contributed by atoms with E-state index in [1.807, 2.05) is 0 Å². The largest absolute Gasteiger partial charge is 0.356 e. The molecule has 132 valence electrons. The van der Waals surface area contributed by atoms with Crippen molar-refractivity contribution < 1.29 is 4.79 Å². The van der Waals surface area contributed by atoms with E-state index in [1.54, 1.807) is 19.0 Å². The molecule has 1 amide bonds. The van der Waals surface area contributed by atoms with E-state index in [0.29, 0.717) is 11.8 Å². The van der Waals surface area contributed by atoms with Gasteiger partial charge in [-0.1, -0.05) is 44.2 Å². The van der Waals surface area contributed by atoms with Crippen molar-refractivity contribution in [1.82, 2.24) is 15.1 Å². The third-order valence-electron chi connectivity index (χ3n) is 4.29. The number of carbonyl (C=O) groups is 1. The predicted molar refractivity (Wildman–Crippen MR) is 99.2 cm³/mol. The average molecular weight is 330 g/mol. The molecule has 1 unspecified atom stereocenters. The summed E-state index contributed by atoms with van der Waals surface area (Å²) in [4.78, 5) is 20.3. The third-order valence-corrected chi connectivity index (χ3v) is 4.29. The fourth-order valence-electron chi connectivity index (χ4n) is 2.80. The van der Waals surface area contributed by atoms with Gasteiger partial charge < -0.3 is 15.1 Å². The van der Waals surface area contributed by atoms with Gasteiger partial charge in [0.1, 0.15) is 6.54 Å².